The van der Waals surface area contributed by atoms with Crippen LogP contribution in [-0.2, 0) is 17.8 Å². The topological polar surface area (TPSA) is 68.4 Å². The van der Waals surface area contributed by atoms with Gasteiger partial charge in [0.25, 0.3) is 0 Å². The van der Waals surface area contributed by atoms with Crippen LogP contribution in [0.5, 0.6) is 0 Å². The maximum absolute atomic E-state index is 6.62. The van der Waals surface area contributed by atoms with E-state index in [2.05, 4.69) is 46.1 Å². The van der Waals surface area contributed by atoms with E-state index in [9.17, 15) is 0 Å². The smallest absolute Gasteiger partial charge is 0.241 e. The van der Waals surface area contributed by atoms with Crippen molar-refractivity contribution in [2.24, 2.45) is 5.92 Å². The number of piperazine rings is 1. The summed E-state index contributed by atoms with van der Waals surface area (Å²) < 4.78 is 13.4. The van der Waals surface area contributed by atoms with Crippen LogP contribution in [0.4, 0.5) is 0 Å². The van der Waals surface area contributed by atoms with Crippen molar-refractivity contribution in [1.29, 1.82) is 0 Å². The van der Waals surface area contributed by atoms with Gasteiger partial charge >= 0.3 is 0 Å². The summed E-state index contributed by atoms with van der Waals surface area (Å²) in [5.41, 5.74) is 2.02. The molecule has 5 rings (SSSR count). The molecule has 0 unspecified atom stereocenters. The molecule has 0 amide bonds. The maximum atomic E-state index is 6.62. The third-order valence-electron chi connectivity index (χ3n) is 6.35. The summed E-state index contributed by atoms with van der Waals surface area (Å²) in [7, 11) is 0. The van der Waals surface area contributed by atoms with Gasteiger partial charge in [-0.2, -0.15) is 4.98 Å². The fourth-order valence-corrected chi connectivity index (χ4v) is 5.32. The highest BCUT2D eigenvalue weighted by molar-refractivity contribution is 6.35. The first-order valence-electron chi connectivity index (χ1n) is 11.2. The Labute approximate surface area is 187 Å². The molecular weight excluding hydrogens is 414 g/mol. The van der Waals surface area contributed by atoms with Gasteiger partial charge in [-0.05, 0) is 38.7 Å². The van der Waals surface area contributed by atoms with Crippen LogP contribution in [0.25, 0.3) is 22.3 Å². The highest BCUT2D eigenvalue weighted by atomic mass is 35.5. The van der Waals surface area contributed by atoms with Crippen LogP contribution < -0.4 is 5.32 Å². The van der Waals surface area contributed by atoms with Crippen LogP contribution in [0.2, 0.25) is 5.02 Å². The Morgan fingerprint density at radius 2 is 1.94 bits per heavy atom. The molecule has 1 N–H and O–H groups in total. The second-order valence-corrected chi connectivity index (χ2v) is 9.47. The van der Waals surface area contributed by atoms with Crippen LogP contribution in [-0.4, -0.2) is 58.0 Å². The van der Waals surface area contributed by atoms with Crippen LogP contribution in [0.3, 0.4) is 0 Å². The van der Waals surface area contributed by atoms with Gasteiger partial charge in [0, 0.05) is 62.1 Å². The van der Waals surface area contributed by atoms with Gasteiger partial charge in [-0.15, -0.1) is 0 Å². The lowest BCUT2D eigenvalue weighted by Crippen LogP contribution is -2.53. The molecule has 8 heteroatoms. The molecule has 2 aromatic heterocycles. The van der Waals surface area contributed by atoms with Crippen molar-refractivity contribution < 1.29 is 9.26 Å². The minimum atomic E-state index is 0.455. The Kier molecular flexibility index (Phi) is 6.01. The Hall–Kier alpha value is -1.93. The first kappa shape index (κ1) is 20.9. The Bertz CT molecular complexity index is 1030. The number of benzene rings is 1. The minimum absolute atomic E-state index is 0.455. The quantitative estimate of drug-likeness (QED) is 0.643. The Morgan fingerprint density at radius 3 is 2.71 bits per heavy atom. The largest absolute Gasteiger partial charge is 0.381 e. The van der Waals surface area contributed by atoms with Gasteiger partial charge in [-0.3, -0.25) is 4.90 Å². The van der Waals surface area contributed by atoms with Crippen molar-refractivity contribution in [3.8, 4) is 11.4 Å². The van der Waals surface area contributed by atoms with Gasteiger partial charge in [0.15, 0.2) is 0 Å². The van der Waals surface area contributed by atoms with E-state index < -0.39 is 0 Å². The van der Waals surface area contributed by atoms with E-state index in [0.29, 0.717) is 36.3 Å². The number of fused-ring (bicyclic) bond motifs is 1. The average Bonchev–Trinajstić information content (AvgIpc) is 3.33. The molecule has 0 aliphatic carbocycles. The number of ether oxygens (including phenoxy) is 1. The number of nitrogens with zero attached hydrogens (tertiary/aromatic N) is 4. The number of halogens is 1. The molecule has 4 heterocycles. The van der Waals surface area contributed by atoms with E-state index in [1.165, 1.54) is 0 Å². The van der Waals surface area contributed by atoms with Crippen molar-refractivity contribution in [3.05, 3.63) is 35.3 Å². The molecule has 2 aliphatic heterocycles. The van der Waals surface area contributed by atoms with Crippen LogP contribution in [0.1, 0.15) is 32.6 Å². The lowest BCUT2D eigenvalue weighted by Gasteiger charge is -2.35. The number of hydrogen-bond acceptors (Lipinski definition) is 6. The molecule has 0 radical (unpaired) electrons. The van der Waals surface area contributed by atoms with Gasteiger partial charge in [-0.1, -0.05) is 28.9 Å². The van der Waals surface area contributed by atoms with Gasteiger partial charge in [0.1, 0.15) is 0 Å². The van der Waals surface area contributed by atoms with Crippen molar-refractivity contribution in [3.63, 3.8) is 0 Å². The van der Waals surface area contributed by atoms with Gasteiger partial charge in [0.2, 0.25) is 11.7 Å². The third kappa shape index (κ3) is 4.51. The second kappa shape index (κ2) is 8.90. The van der Waals surface area contributed by atoms with Crippen LogP contribution in [0, 0.1) is 5.92 Å². The summed E-state index contributed by atoms with van der Waals surface area (Å²) in [6.07, 6.45) is 4.29. The van der Waals surface area contributed by atoms with E-state index in [-0.39, 0.29) is 0 Å². The van der Waals surface area contributed by atoms with Gasteiger partial charge in [-0.25, -0.2) is 0 Å². The first-order valence-corrected chi connectivity index (χ1v) is 11.6. The standard InChI is InChI=1S/C23H30ClN5O2/c1-15-10-28(11-16(2)25-15)14-21-26-23(27-31-21)19-13-29(12-17-6-8-30-9-7-17)22-18(19)4-3-5-20(22)24/h3-5,13,15-17,25H,6-12,14H2,1-2H3/t15-,16+. The highest BCUT2D eigenvalue weighted by Crippen LogP contribution is 2.34. The molecular formula is C23H30ClN5O2. The molecule has 0 bridgehead atoms. The fraction of sp³-hybridized carbons (Fsp3) is 0.565. The number of para-hydroxylation sites is 1. The molecule has 0 spiro atoms. The summed E-state index contributed by atoms with van der Waals surface area (Å²) in [5.74, 6) is 1.87. The summed E-state index contributed by atoms with van der Waals surface area (Å²) >= 11 is 6.62. The van der Waals surface area contributed by atoms with Crippen molar-refractivity contribution >= 4 is 22.5 Å². The molecule has 0 saturated carbocycles. The van der Waals surface area contributed by atoms with Crippen molar-refractivity contribution in [1.82, 2.24) is 24.9 Å². The number of aromatic nitrogens is 3. The van der Waals surface area contributed by atoms with Crippen LogP contribution in [0.15, 0.2) is 28.9 Å². The van der Waals surface area contributed by atoms with E-state index in [4.69, 9.17) is 25.8 Å². The molecule has 2 saturated heterocycles. The molecule has 2 aliphatic rings. The van der Waals surface area contributed by atoms with E-state index in [1.54, 1.807) is 0 Å². The highest BCUT2D eigenvalue weighted by Gasteiger charge is 2.24. The van der Waals surface area contributed by atoms with E-state index in [1.807, 2.05) is 12.1 Å². The zero-order chi connectivity index (χ0) is 21.4. The molecule has 31 heavy (non-hydrogen) atoms. The van der Waals surface area contributed by atoms with Gasteiger partial charge < -0.3 is 19.1 Å². The second-order valence-electron chi connectivity index (χ2n) is 9.06. The lowest BCUT2D eigenvalue weighted by atomic mass is 10.0. The molecule has 2 fully saturated rings. The number of nitrogens with one attached hydrogen (secondary N) is 1. The van der Waals surface area contributed by atoms with Crippen molar-refractivity contribution in [2.45, 2.75) is 51.9 Å². The van der Waals surface area contributed by atoms with Crippen LogP contribution >= 0.6 is 11.6 Å². The SMILES string of the molecule is C[C@@H]1CN(Cc2nc(-c3cn(CC4CCOCC4)c4c(Cl)cccc34)no2)C[C@H](C)N1. The molecule has 166 valence electrons. The molecule has 1 aromatic carbocycles. The normalized spacial score (nSPS) is 23.6. The van der Waals surface area contributed by atoms with E-state index in [0.717, 1.165) is 67.2 Å². The van der Waals surface area contributed by atoms with Crippen molar-refractivity contribution in [2.75, 3.05) is 26.3 Å². The van der Waals surface area contributed by atoms with Gasteiger partial charge in [0.05, 0.1) is 17.1 Å². The number of rotatable bonds is 5. The Morgan fingerprint density at radius 1 is 1.16 bits per heavy atom. The third-order valence-corrected chi connectivity index (χ3v) is 6.65. The monoisotopic (exact) mass is 443 g/mol. The zero-order valence-corrected chi connectivity index (χ0v) is 18.9. The first-order chi connectivity index (χ1) is 15.1. The predicted octanol–water partition coefficient (Wildman–Crippen LogP) is 3.95. The molecule has 3 aromatic rings. The average molecular weight is 444 g/mol. The summed E-state index contributed by atoms with van der Waals surface area (Å²) in [6, 6.07) is 6.93. The number of hydrogen-bond donors (Lipinski definition) is 1. The zero-order valence-electron chi connectivity index (χ0n) is 18.2. The summed E-state index contributed by atoms with van der Waals surface area (Å²) in [4.78, 5) is 7.12. The Balaban J connectivity index is 1.42. The maximum Gasteiger partial charge on any atom is 0.241 e. The summed E-state index contributed by atoms with van der Waals surface area (Å²) in [6.45, 7) is 9.63. The molecule has 7 nitrogen and oxygen atoms in total. The summed E-state index contributed by atoms with van der Waals surface area (Å²) in [5, 5.41) is 9.70. The molecule has 2 atom stereocenters. The minimum Gasteiger partial charge on any atom is -0.381 e. The lowest BCUT2D eigenvalue weighted by molar-refractivity contribution is 0.0616. The fourth-order valence-electron chi connectivity index (χ4n) is 5.03. The van der Waals surface area contributed by atoms with E-state index >= 15 is 0 Å². The predicted molar refractivity (Wildman–Crippen MR) is 121 cm³/mol.